The molecule has 0 unspecified atom stereocenters. The molecule has 0 aliphatic carbocycles. The molecular formula is C10H9ClN4O3. The molecule has 0 radical (unpaired) electrons. The van der Waals surface area contributed by atoms with E-state index in [-0.39, 0.29) is 16.7 Å². The van der Waals surface area contributed by atoms with Crippen LogP contribution in [-0.2, 0) is 7.05 Å². The molecule has 8 heteroatoms. The van der Waals surface area contributed by atoms with E-state index < -0.39 is 4.92 Å². The summed E-state index contributed by atoms with van der Waals surface area (Å²) >= 11 is 5.70. The van der Waals surface area contributed by atoms with Crippen molar-refractivity contribution >= 4 is 17.3 Å². The van der Waals surface area contributed by atoms with Crippen LogP contribution in [0, 0.1) is 17.0 Å². The summed E-state index contributed by atoms with van der Waals surface area (Å²) < 4.78 is 6.83. The van der Waals surface area contributed by atoms with Gasteiger partial charge in [0.1, 0.15) is 5.15 Å². The van der Waals surface area contributed by atoms with E-state index in [1.54, 1.807) is 20.0 Å². The minimum absolute atomic E-state index is 0.120. The SMILES string of the molecule is Cc1cc(Oc2nc(Cl)ccc2[N+](=O)[O-])n(C)n1. The molecule has 0 N–H and O–H groups in total. The van der Waals surface area contributed by atoms with E-state index in [0.29, 0.717) is 5.88 Å². The highest BCUT2D eigenvalue weighted by molar-refractivity contribution is 6.29. The monoisotopic (exact) mass is 268 g/mol. The van der Waals surface area contributed by atoms with E-state index in [2.05, 4.69) is 10.1 Å². The first-order valence-electron chi connectivity index (χ1n) is 4.97. The number of nitro groups is 1. The van der Waals surface area contributed by atoms with Gasteiger partial charge in [0, 0.05) is 19.2 Å². The van der Waals surface area contributed by atoms with E-state index in [1.807, 2.05) is 0 Å². The maximum absolute atomic E-state index is 10.8. The van der Waals surface area contributed by atoms with Gasteiger partial charge >= 0.3 is 11.6 Å². The summed E-state index contributed by atoms with van der Waals surface area (Å²) in [5.41, 5.74) is 0.482. The Kier molecular flexibility index (Phi) is 3.15. The third kappa shape index (κ3) is 2.40. The van der Waals surface area contributed by atoms with Gasteiger partial charge in [-0.1, -0.05) is 11.6 Å². The molecule has 0 bridgehead atoms. The van der Waals surface area contributed by atoms with Crippen molar-refractivity contribution in [2.45, 2.75) is 6.92 Å². The molecule has 2 aromatic rings. The van der Waals surface area contributed by atoms with Gasteiger partial charge in [-0.05, 0) is 13.0 Å². The predicted octanol–water partition coefficient (Wildman–Crippen LogP) is 2.48. The summed E-state index contributed by atoms with van der Waals surface area (Å²) in [5, 5.41) is 15.0. The highest BCUT2D eigenvalue weighted by Crippen LogP contribution is 2.30. The minimum Gasteiger partial charge on any atom is -0.415 e. The van der Waals surface area contributed by atoms with E-state index >= 15 is 0 Å². The maximum Gasteiger partial charge on any atom is 0.331 e. The second-order valence-corrected chi connectivity index (χ2v) is 3.95. The molecule has 0 fully saturated rings. The average Bonchev–Trinajstić information content (AvgIpc) is 2.57. The predicted molar refractivity (Wildman–Crippen MR) is 63.9 cm³/mol. The standard InChI is InChI=1S/C10H9ClN4O3/c1-6-5-9(14(2)13-6)18-10-7(15(16)17)3-4-8(11)12-10/h3-5H,1-2H3. The van der Waals surface area contributed by atoms with Gasteiger partial charge in [-0.3, -0.25) is 10.1 Å². The van der Waals surface area contributed by atoms with E-state index in [0.717, 1.165) is 5.69 Å². The van der Waals surface area contributed by atoms with Crippen LogP contribution in [0.25, 0.3) is 0 Å². The van der Waals surface area contributed by atoms with Crippen molar-refractivity contribution in [3.8, 4) is 11.8 Å². The first kappa shape index (κ1) is 12.3. The van der Waals surface area contributed by atoms with Crippen LogP contribution in [-0.4, -0.2) is 19.7 Å². The van der Waals surface area contributed by atoms with E-state index in [4.69, 9.17) is 16.3 Å². The largest absolute Gasteiger partial charge is 0.415 e. The first-order chi connectivity index (χ1) is 8.47. The smallest absolute Gasteiger partial charge is 0.331 e. The molecular weight excluding hydrogens is 260 g/mol. The fourth-order valence-corrected chi connectivity index (χ4v) is 1.55. The van der Waals surface area contributed by atoms with Crippen molar-refractivity contribution in [2.75, 3.05) is 0 Å². The summed E-state index contributed by atoms with van der Waals surface area (Å²) in [5.74, 6) is 0.195. The summed E-state index contributed by atoms with van der Waals surface area (Å²) in [6.07, 6.45) is 0. The van der Waals surface area contributed by atoms with Crippen molar-refractivity contribution in [1.29, 1.82) is 0 Å². The second kappa shape index (κ2) is 4.61. The van der Waals surface area contributed by atoms with Gasteiger partial charge in [-0.25, -0.2) is 4.68 Å². The van der Waals surface area contributed by atoms with E-state index in [1.165, 1.54) is 16.8 Å². The second-order valence-electron chi connectivity index (χ2n) is 3.56. The van der Waals surface area contributed by atoms with Crippen molar-refractivity contribution in [1.82, 2.24) is 14.8 Å². The molecule has 2 heterocycles. The van der Waals surface area contributed by atoms with Gasteiger partial charge in [0.05, 0.1) is 10.6 Å². The molecule has 7 nitrogen and oxygen atoms in total. The van der Waals surface area contributed by atoms with Crippen molar-refractivity contribution in [2.24, 2.45) is 7.05 Å². The summed E-state index contributed by atoms with van der Waals surface area (Å²) in [7, 11) is 1.67. The molecule has 0 aliphatic heterocycles. The molecule has 0 aliphatic rings. The number of hydrogen-bond donors (Lipinski definition) is 0. The molecule has 18 heavy (non-hydrogen) atoms. The lowest BCUT2D eigenvalue weighted by molar-refractivity contribution is -0.386. The van der Waals surface area contributed by atoms with Gasteiger partial charge in [-0.2, -0.15) is 10.1 Å². The van der Waals surface area contributed by atoms with Crippen LogP contribution >= 0.6 is 11.6 Å². The number of aromatic nitrogens is 3. The third-order valence-corrected chi connectivity index (χ3v) is 2.37. The maximum atomic E-state index is 10.8. The molecule has 0 atom stereocenters. The highest BCUT2D eigenvalue weighted by atomic mass is 35.5. The Morgan fingerprint density at radius 1 is 1.50 bits per heavy atom. The first-order valence-corrected chi connectivity index (χ1v) is 5.34. The molecule has 0 saturated carbocycles. The number of aryl methyl sites for hydroxylation is 2. The van der Waals surface area contributed by atoms with Crippen molar-refractivity contribution in [3.05, 3.63) is 39.2 Å². The Labute approximate surface area is 107 Å². The normalized spacial score (nSPS) is 10.4. The number of ether oxygens (including phenoxy) is 1. The fourth-order valence-electron chi connectivity index (χ4n) is 1.41. The summed E-state index contributed by atoms with van der Waals surface area (Å²) in [6.45, 7) is 1.78. The number of rotatable bonds is 3. The lowest BCUT2D eigenvalue weighted by Gasteiger charge is -2.04. The van der Waals surface area contributed by atoms with Crippen LogP contribution in [0.4, 0.5) is 5.69 Å². The zero-order valence-corrected chi connectivity index (χ0v) is 10.4. The Morgan fingerprint density at radius 3 is 2.78 bits per heavy atom. The van der Waals surface area contributed by atoms with Gasteiger partial charge in [0.2, 0.25) is 5.88 Å². The molecule has 0 spiro atoms. The van der Waals surface area contributed by atoms with Gasteiger partial charge in [0.15, 0.2) is 0 Å². The molecule has 0 amide bonds. The quantitative estimate of drug-likeness (QED) is 0.485. The van der Waals surface area contributed by atoms with Crippen LogP contribution in [0.5, 0.6) is 11.8 Å². The van der Waals surface area contributed by atoms with Gasteiger partial charge < -0.3 is 4.74 Å². The van der Waals surface area contributed by atoms with Crippen LogP contribution in [0.15, 0.2) is 18.2 Å². The third-order valence-electron chi connectivity index (χ3n) is 2.16. The zero-order valence-electron chi connectivity index (χ0n) is 9.62. The number of hydrogen-bond acceptors (Lipinski definition) is 5. The van der Waals surface area contributed by atoms with Gasteiger partial charge in [0.25, 0.3) is 0 Å². The van der Waals surface area contributed by atoms with Crippen molar-refractivity contribution in [3.63, 3.8) is 0 Å². The lowest BCUT2D eigenvalue weighted by atomic mass is 10.4. The van der Waals surface area contributed by atoms with Gasteiger partial charge in [-0.15, -0.1) is 0 Å². The molecule has 94 valence electrons. The molecule has 0 saturated heterocycles. The Balaban J connectivity index is 2.42. The van der Waals surface area contributed by atoms with Crippen LogP contribution in [0.3, 0.4) is 0 Å². The number of nitrogens with zero attached hydrogens (tertiary/aromatic N) is 4. The molecule has 0 aromatic carbocycles. The Morgan fingerprint density at radius 2 is 2.22 bits per heavy atom. The van der Waals surface area contributed by atoms with Crippen molar-refractivity contribution < 1.29 is 9.66 Å². The minimum atomic E-state index is -0.581. The average molecular weight is 269 g/mol. The molecule has 2 rings (SSSR count). The summed E-state index contributed by atoms with van der Waals surface area (Å²) in [4.78, 5) is 14.1. The Bertz CT molecular complexity index is 611. The van der Waals surface area contributed by atoms with Crippen LogP contribution in [0.2, 0.25) is 5.15 Å². The Hall–Kier alpha value is -2.15. The van der Waals surface area contributed by atoms with E-state index in [9.17, 15) is 10.1 Å². The van der Waals surface area contributed by atoms with Crippen LogP contribution in [0.1, 0.15) is 5.69 Å². The number of halogens is 1. The zero-order chi connectivity index (χ0) is 13.3. The fraction of sp³-hybridized carbons (Fsp3) is 0.200. The lowest BCUT2D eigenvalue weighted by Crippen LogP contribution is -2.00. The topological polar surface area (TPSA) is 83.1 Å². The molecule has 2 aromatic heterocycles. The highest BCUT2D eigenvalue weighted by Gasteiger charge is 2.19. The van der Waals surface area contributed by atoms with Crippen LogP contribution < -0.4 is 4.74 Å². The summed E-state index contributed by atoms with van der Waals surface area (Å²) in [6, 6.07) is 4.22. The number of pyridine rings is 1.